The fourth-order valence-electron chi connectivity index (χ4n) is 4.14. The van der Waals surface area contributed by atoms with Crippen molar-refractivity contribution in [1.82, 2.24) is 4.90 Å². The highest BCUT2D eigenvalue weighted by Gasteiger charge is 2.37. The minimum absolute atomic E-state index is 0.0289. The molecular formula is C20H25FN2O2S. The minimum atomic E-state index is -0.365. The number of halogens is 1. The summed E-state index contributed by atoms with van der Waals surface area (Å²) in [6.45, 7) is 11.5. The fourth-order valence-corrected chi connectivity index (χ4v) is 5.04. The number of nitrogens with zero attached hydrogens (tertiary/aromatic N) is 2. The van der Waals surface area contributed by atoms with Crippen LogP contribution in [0.4, 0.5) is 14.9 Å². The van der Waals surface area contributed by atoms with Crippen LogP contribution in [0.5, 0.6) is 0 Å². The summed E-state index contributed by atoms with van der Waals surface area (Å²) in [4.78, 5) is 27.8. The Hall–Kier alpha value is -1.82. The molecule has 0 bridgehead atoms. The van der Waals surface area contributed by atoms with E-state index >= 15 is 0 Å². The van der Waals surface area contributed by atoms with Crippen LogP contribution in [0.1, 0.15) is 58.1 Å². The van der Waals surface area contributed by atoms with Crippen molar-refractivity contribution in [1.29, 1.82) is 0 Å². The number of amides is 2. The van der Waals surface area contributed by atoms with Gasteiger partial charge in [0, 0.05) is 29.9 Å². The summed E-state index contributed by atoms with van der Waals surface area (Å²) in [5.41, 5.74) is 2.35. The summed E-state index contributed by atoms with van der Waals surface area (Å²) in [5.74, 6) is -0.416. The van der Waals surface area contributed by atoms with Gasteiger partial charge in [-0.1, -0.05) is 6.92 Å². The molecule has 0 aliphatic carbocycles. The fraction of sp³-hybridized carbons (Fsp3) is 0.500. The molecule has 0 radical (unpaired) electrons. The largest absolute Gasteiger partial charge is 0.366 e. The van der Waals surface area contributed by atoms with E-state index in [-0.39, 0.29) is 27.4 Å². The van der Waals surface area contributed by atoms with Gasteiger partial charge >= 0.3 is 0 Å². The number of anilines is 1. The predicted octanol–water partition coefficient (Wildman–Crippen LogP) is 4.99. The van der Waals surface area contributed by atoms with E-state index < -0.39 is 0 Å². The van der Waals surface area contributed by atoms with Crippen molar-refractivity contribution < 1.29 is 14.0 Å². The number of benzene rings is 1. The molecule has 2 aliphatic rings. The molecule has 0 aromatic heterocycles. The van der Waals surface area contributed by atoms with Crippen LogP contribution in [0.25, 0.3) is 6.08 Å². The third kappa shape index (κ3) is 3.04. The summed E-state index contributed by atoms with van der Waals surface area (Å²) in [6, 6.07) is 3.42. The molecule has 2 aliphatic heterocycles. The molecule has 26 heavy (non-hydrogen) atoms. The van der Waals surface area contributed by atoms with Crippen molar-refractivity contribution in [3.8, 4) is 0 Å². The first-order chi connectivity index (χ1) is 12.2. The van der Waals surface area contributed by atoms with Gasteiger partial charge in [0.15, 0.2) is 0 Å². The number of imide groups is 1. The van der Waals surface area contributed by atoms with E-state index in [4.69, 9.17) is 0 Å². The summed E-state index contributed by atoms with van der Waals surface area (Å²) in [7, 11) is 0. The maximum Gasteiger partial charge on any atom is 0.293 e. The summed E-state index contributed by atoms with van der Waals surface area (Å²) >= 11 is 0.874. The lowest BCUT2D eigenvalue weighted by Crippen LogP contribution is -2.48. The third-order valence-corrected chi connectivity index (χ3v) is 6.20. The first kappa shape index (κ1) is 19.0. The van der Waals surface area contributed by atoms with Gasteiger partial charge in [-0.15, -0.1) is 0 Å². The number of carbonyl (C=O) groups is 2. The Kier molecular flexibility index (Phi) is 4.90. The van der Waals surface area contributed by atoms with Gasteiger partial charge in [0.2, 0.25) is 0 Å². The van der Waals surface area contributed by atoms with Crippen LogP contribution < -0.4 is 4.90 Å². The van der Waals surface area contributed by atoms with Gasteiger partial charge < -0.3 is 4.90 Å². The van der Waals surface area contributed by atoms with E-state index in [0.29, 0.717) is 18.0 Å². The standard InChI is InChI=1S/C20H25FN2O2S/c1-6-22-18(24)17(26-19(22)25)9-13-8-14-12(3)11-20(4,5)23(7-2)16(14)10-15(13)21/h8-10,12H,6-7,11H2,1-5H3/b17-9+. The zero-order chi connectivity index (χ0) is 19.2. The second-order valence-electron chi connectivity index (χ2n) is 7.52. The number of thioether (sulfide) groups is 1. The Morgan fingerprint density at radius 1 is 1.27 bits per heavy atom. The molecule has 0 N–H and O–H groups in total. The van der Waals surface area contributed by atoms with Crippen LogP contribution in [-0.2, 0) is 4.79 Å². The van der Waals surface area contributed by atoms with E-state index in [9.17, 15) is 14.0 Å². The Bertz CT molecular complexity index is 803. The van der Waals surface area contributed by atoms with Gasteiger partial charge in [-0.3, -0.25) is 14.5 Å². The predicted molar refractivity (Wildman–Crippen MR) is 105 cm³/mol. The Balaban J connectivity index is 2.05. The van der Waals surface area contributed by atoms with Crippen LogP contribution >= 0.6 is 11.8 Å². The molecule has 2 amide bonds. The molecule has 1 saturated heterocycles. The molecule has 3 rings (SSSR count). The molecule has 2 heterocycles. The summed E-state index contributed by atoms with van der Waals surface area (Å²) in [6.07, 6.45) is 2.49. The summed E-state index contributed by atoms with van der Waals surface area (Å²) < 4.78 is 14.8. The van der Waals surface area contributed by atoms with Gasteiger partial charge in [-0.2, -0.15) is 0 Å². The molecule has 1 aromatic carbocycles. The molecule has 6 heteroatoms. The summed E-state index contributed by atoms with van der Waals surface area (Å²) in [5, 5.41) is -0.297. The average Bonchev–Trinajstić information content (AvgIpc) is 2.81. The Morgan fingerprint density at radius 3 is 2.54 bits per heavy atom. The SMILES string of the molecule is CCN1C(=O)S/C(=C/c2cc3c(cc2F)N(CC)C(C)(C)CC3C)C1=O. The number of hydrogen-bond donors (Lipinski definition) is 0. The lowest BCUT2D eigenvalue weighted by atomic mass is 9.79. The van der Waals surface area contributed by atoms with Gasteiger partial charge in [0.25, 0.3) is 11.1 Å². The smallest absolute Gasteiger partial charge is 0.293 e. The zero-order valence-electron chi connectivity index (χ0n) is 15.9. The van der Waals surface area contributed by atoms with Crippen LogP contribution in [-0.4, -0.2) is 34.7 Å². The number of hydrogen-bond acceptors (Lipinski definition) is 4. The third-order valence-electron chi connectivity index (χ3n) is 5.30. The first-order valence-corrected chi connectivity index (χ1v) is 9.87. The minimum Gasteiger partial charge on any atom is -0.366 e. The van der Waals surface area contributed by atoms with Gasteiger partial charge in [0.1, 0.15) is 5.82 Å². The van der Waals surface area contributed by atoms with E-state index in [1.807, 2.05) is 6.07 Å². The number of carbonyl (C=O) groups excluding carboxylic acids is 2. The molecule has 1 atom stereocenters. The van der Waals surface area contributed by atoms with Crippen LogP contribution in [0.15, 0.2) is 17.0 Å². The average molecular weight is 376 g/mol. The molecule has 1 fully saturated rings. The molecule has 0 spiro atoms. The van der Waals surface area contributed by atoms with Crippen molar-refractivity contribution in [3.63, 3.8) is 0 Å². The number of rotatable bonds is 3. The molecule has 140 valence electrons. The van der Waals surface area contributed by atoms with E-state index in [0.717, 1.165) is 36.0 Å². The second kappa shape index (κ2) is 6.72. The van der Waals surface area contributed by atoms with Crippen molar-refractivity contribution in [2.75, 3.05) is 18.0 Å². The monoisotopic (exact) mass is 376 g/mol. The van der Waals surface area contributed by atoms with Crippen molar-refractivity contribution in [2.24, 2.45) is 0 Å². The van der Waals surface area contributed by atoms with Gasteiger partial charge in [-0.05, 0) is 75.6 Å². The van der Waals surface area contributed by atoms with Gasteiger partial charge in [0.05, 0.1) is 4.91 Å². The maximum atomic E-state index is 14.8. The Morgan fingerprint density at radius 2 is 1.96 bits per heavy atom. The Labute approximate surface area is 158 Å². The van der Waals surface area contributed by atoms with Gasteiger partial charge in [-0.25, -0.2) is 4.39 Å². The quantitative estimate of drug-likeness (QED) is 0.697. The molecule has 4 nitrogen and oxygen atoms in total. The van der Waals surface area contributed by atoms with Crippen molar-refractivity contribution in [3.05, 3.63) is 34.0 Å². The second-order valence-corrected chi connectivity index (χ2v) is 8.51. The van der Waals surface area contributed by atoms with Crippen LogP contribution in [0.3, 0.4) is 0 Å². The van der Waals surface area contributed by atoms with E-state index in [2.05, 4.69) is 32.6 Å². The highest BCUT2D eigenvalue weighted by atomic mass is 32.2. The zero-order valence-corrected chi connectivity index (χ0v) is 16.7. The topological polar surface area (TPSA) is 40.6 Å². The molecule has 0 saturated carbocycles. The molecule has 1 aromatic rings. The number of likely N-dealkylation sites (N-methyl/N-ethyl adjacent to an activating group) is 1. The van der Waals surface area contributed by atoms with Crippen LogP contribution in [0, 0.1) is 5.82 Å². The lowest BCUT2D eigenvalue weighted by Gasteiger charge is -2.47. The maximum absolute atomic E-state index is 14.8. The highest BCUT2D eigenvalue weighted by molar-refractivity contribution is 8.18. The normalized spacial score (nSPS) is 23.8. The first-order valence-electron chi connectivity index (χ1n) is 9.06. The van der Waals surface area contributed by atoms with E-state index in [1.165, 1.54) is 11.0 Å². The number of fused-ring (bicyclic) bond motifs is 1. The van der Waals surface area contributed by atoms with Crippen molar-refractivity contribution >= 4 is 34.7 Å². The molecule has 1 unspecified atom stereocenters. The highest BCUT2D eigenvalue weighted by Crippen LogP contribution is 2.44. The van der Waals surface area contributed by atoms with Crippen molar-refractivity contribution in [2.45, 2.75) is 52.5 Å². The molecular weight excluding hydrogens is 351 g/mol. The van der Waals surface area contributed by atoms with Crippen LogP contribution in [0.2, 0.25) is 0 Å². The van der Waals surface area contributed by atoms with E-state index in [1.54, 1.807) is 13.0 Å². The lowest BCUT2D eigenvalue weighted by molar-refractivity contribution is -0.122.